The predicted molar refractivity (Wildman–Crippen MR) is 68.2 cm³/mol. The predicted octanol–water partition coefficient (Wildman–Crippen LogP) is 1.88. The fraction of sp³-hybridized carbons (Fsp3) is 0.231. The van der Waals surface area contributed by atoms with Crippen LogP contribution in [-0.4, -0.2) is 33.9 Å². The Morgan fingerprint density at radius 2 is 2.18 bits per heavy atom. The summed E-state index contributed by atoms with van der Waals surface area (Å²) in [5, 5.41) is 9.07. The van der Waals surface area contributed by atoms with Gasteiger partial charge in [-0.1, -0.05) is 30.3 Å². The normalized spacial score (nSPS) is 13.1. The highest BCUT2D eigenvalue weighted by Gasteiger charge is 2.00. The summed E-state index contributed by atoms with van der Waals surface area (Å²) in [4.78, 5) is 11.5. The maximum absolute atomic E-state index is 9.07. The Hall–Kier alpha value is -1.94. The number of aliphatic imine (C=N–C) groups is 1. The van der Waals surface area contributed by atoms with Gasteiger partial charge < -0.3 is 10.1 Å². The molecular weight excluding hydrogens is 214 g/mol. The van der Waals surface area contributed by atoms with Gasteiger partial charge in [0.05, 0.1) is 24.5 Å². The van der Waals surface area contributed by atoms with Crippen molar-refractivity contribution in [1.29, 1.82) is 0 Å². The summed E-state index contributed by atoms with van der Waals surface area (Å²) in [5.41, 5.74) is 1.88. The highest BCUT2D eigenvalue weighted by Crippen LogP contribution is 2.13. The van der Waals surface area contributed by atoms with E-state index in [0.717, 1.165) is 17.1 Å². The minimum Gasteiger partial charge on any atom is -0.391 e. The van der Waals surface area contributed by atoms with Crippen LogP contribution in [0.15, 0.2) is 41.5 Å². The first-order valence-corrected chi connectivity index (χ1v) is 5.54. The highest BCUT2D eigenvalue weighted by molar-refractivity contribution is 5.78. The average Bonchev–Trinajstić information content (AvgIpc) is 2.78. The van der Waals surface area contributed by atoms with Crippen LogP contribution in [0.5, 0.6) is 0 Å². The molecule has 1 aromatic carbocycles. The van der Waals surface area contributed by atoms with Crippen molar-refractivity contribution in [2.75, 3.05) is 6.54 Å². The summed E-state index contributed by atoms with van der Waals surface area (Å²) in [7, 11) is 0. The molecule has 1 aromatic heterocycles. The molecule has 2 N–H and O–H groups in total. The first-order valence-electron chi connectivity index (χ1n) is 5.54. The number of aromatic nitrogens is 2. The van der Waals surface area contributed by atoms with E-state index in [1.807, 2.05) is 30.3 Å². The largest absolute Gasteiger partial charge is 0.391 e. The fourth-order valence-corrected chi connectivity index (χ4v) is 1.45. The number of benzene rings is 1. The monoisotopic (exact) mass is 229 g/mol. The second-order valence-corrected chi connectivity index (χ2v) is 3.90. The lowest BCUT2D eigenvalue weighted by molar-refractivity contribution is 0.204. The molecule has 17 heavy (non-hydrogen) atoms. The summed E-state index contributed by atoms with van der Waals surface area (Å²) >= 11 is 0. The molecule has 0 fully saturated rings. The van der Waals surface area contributed by atoms with Crippen LogP contribution in [0.3, 0.4) is 0 Å². The number of H-pyrrole nitrogens is 1. The third-order valence-corrected chi connectivity index (χ3v) is 2.24. The molecule has 0 spiro atoms. The molecule has 0 amide bonds. The molecule has 4 nitrogen and oxygen atoms in total. The van der Waals surface area contributed by atoms with E-state index in [1.54, 1.807) is 19.3 Å². The lowest BCUT2D eigenvalue weighted by atomic mass is 10.2. The van der Waals surface area contributed by atoms with Gasteiger partial charge in [0.25, 0.3) is 0 Å². The summed E-state index contributed by atoms with van der Waals surface area (Å²) in [6.07, 6.45) is 3.00. The van der Waals surface area contributed by atoms with Crippen molar-refractivity contribution in [2.45, 2.75) is 13.0 Å². The van der Waals surface area contributed by atoms with Crippen LogP contribution in [-0.2, 0) is 0 Å². The van der Waals surface area contributed by atoms with Gasteiger partial charge in [0.1, 0.15) is 5.82 Å². The molecule has 0 saturated heterocycles. The van der Waals surface area contributed by atoms with Gasteiger partial charge in [0.2, 0.25) is 0 Å². The summed E-state index contributed by atoms with van der Waals surface area (Å²) in [6, 6.07) is 9.90. The zero-order chi connectivity index (χ0) is 12.1. The van der Waals surface area contributed by atoms with Gasteiger partial charge >= 0.3 is 0 Å². The quantitative estimate of drug-likeness (QED) is 0.786. The molecule has 0 bridgehead atoms. The number of rotatable bonds is 4. The Labute approximate surface area is 100 Å². The zero-order valence-corrected chi connectivity index (χ0v) is 9.67. The summed E-state index contributed by atoms with van der Waals surface area (Å²) in [6.45, 7) is 2.11. The average molecular weight is 229 g/mol. The molecule has 0 aliphatic carbocycles. The van der Waals surface area contributed by atoms with Gasteiger partial charge in [-0.2, -0.15) is 0 Å². The SMILES string of the molecule is C[C@H](O)CN=Cc1cnc(-c2ccccc2)[nH]1. The number of aliphatic hydroxyl groups is 1. The van der Waals surface area contributed by atoms with E-state index in [9.17, 15) is 0 Å². The van der Waals surface area contributed by atoms with E-state index in [0.29, 0.717) is 6.54 Å². The van der Waals surface area contributed by atoms with Crippen LogP contribution in [0.1, 0.15) is 12.6 Å². The van der Waals surface area contributed by atoms with E-state index >= 15 is 0 Å². The van der Waals surface area contributed by atoms with Crippen LogP contribution in [0, 0.1) is 0 Å². The van der Waals surface area contributed by atoms with Crippen LogP contribution >= 0.6 is 0 Å². The molecule has 0 aliphatic heterocycles. The summed E-state index contributed by atoms with van der Waals surface area (Å²) < 4.78 is 0. The number of nitrogens with one attached hydrogen (secondary N) is 1. The Kier molecular flexibility index (Phi) is 3.67. The van der Waals surface area contributed by atoms with E-state index in [1.165, 1.54) is 0 Å². The van der Waals surface area contributed by atoms with Crippen molar-refractivity contribution in [3.05, 3.63) is 42.2 Å². The first-order chi connectivity index (χ1) is 8.25. The minimum atomic E-state index is -0.414. The van der Waals surface area contributed by atoms with E-state index in [-0.39, 0.29) is 0 Å². The van der Waals surface area contributed by atoms with Gasteiger partial charge in [0.15, 0.2) is 0 Å². The van der Waals surface area contributed by atoms with Gasteiger partial charge in [-0.25, -0.2) is 4.98 Å². The van der Waals surface area contributed by atoms with Gasteiger partial charge in [-0.15, -0.1) is 0 Å². The molecule has 1 atom stereocenters. The molecule has 0 saturated carbocycles. The Morgan fingerprint density at radius 1 is 1.41 bits per heavy atom. The first kappa shape index (κ1) is 11.5. The van der Waals surface area contributed by atoms with Crippen LogP contribution < -0.4 is 0 Å². The maximum atomic E-state index is 9.07. The van der Waals surface area contributed by atoms with Crippen LogP contribution in [0.4, 0.5) is 0 Å². The van der Waals surface area contributed by atoms with Crippen molar-refractivity contribution < 1.29 is 5.11 Å². The van der Waals surface area contributed by atoms with E-state index in [4.69, 9.17) is 5.11 Å². The van der Waals surface area contributed by atoms with Crippen molar-refractivity contribution in [3.8, 4) is 11.4 Å². The molecule has 1 heterocycles. The van der Waals surface area contributed by atoms with Crippen molar-refractivity contribution in [1.82, 2.24) is 9.97 Å². The zero-order valence-electron chi connectivity index (χ0n) is 9.67. The molecule has 0 unspecified atom stereocenters. The summed E-state index contributed by atoms with van der Waals surface area (Å²) in [5.74, 6) is 0.823. The third-order valence-electron chi connectivity index (χ3n) is 2.24. The second kappa shape index (κ2) is 5.41. The highest BCUT2D eigenvalue weighted by atomic mass is 16.3. The molecule has 0 aliphatic rings. The lowest BCUT2D eigenvalue weighted by Gasteiger charge is -1.96. The number of aromatic amines is 1. The maximum Gasteiger partial charge on any atom is 0.137 e. The molecular formula is C13H15N3O. The fourth-order valence-electron chi connectivity index (χ4n) is 1.45. The molecule has 2 aromatic rings. The number of hydrogen-bond donors (Lipinski definition) is 2. The van der Waals surface area contributed by atoms with Gasteiger partial charge in [-0.05, 0) is 6.92 Å². The number of nitrogens with zero attached hydrogens (tertiary/aromatic N) is 2. The minimum absolute atomic E-state index is 0.402. The van der Waals surface area contributed by atoms with Crippen molar-refractivity contribution >= 4 is 6.21 Å². The van der Waals surface area contributed by atoms with Gasteiger partial charge in [-0.3, -0.25) is 4.99 Å². The Balaban J connectivity index is 2.09. The van der Waals surface area contributed by atoms with Crippen LogP contribution in [0.25, 0.3) is 11.4 Å². The van der Waals surface area contributed by atoms with Crippen LogP contribution in [0.2, 0.25) is 0 Å². The van der Waals surface area contributed by atoms with E-state index < -0.39 is 6.10 Å². The molecule has 88 valence electrons. The molecule has 4 heteroatoms. The number of imidazole rings is 1. The Morgan fingerprint density at radius 3 is 2.88 bits per heavy atom. The number of aliphatic hydroxyl groups excluding tert-OH is 1. The number of hydrogen-bond acceptors (Lipinski definition) is 3. The second-order valence-electron chi connectivity index (χ2n) is 3.90. The van der Waals surface area contributed by atoms with Crippen molar-refractivity contribution in [2.24, 2.45) is 4.99 Å². The van der Waals surface area contributed by atoms with Crippen molar-refractivity contribution in [3.63, 3.8) is 0 Å². The smallest absolute Gasteiger partial charge is 0.137 e. The topological polar surface area (TPSA) is 61.3 Å². The molecule has 0 radical (unpaired) electrons. The lowest BCUT2D eigenvalue weighted by Crippen LogP contribution is -2.03. The Bertz CT molecular complexity index is 488. The van der Waals surface area contributed by atoms with E-state index in [2.05, 4.69) is 15.0 Å². The third kappa shape index (κ3) is 3.26. The standard InChI is InChI=1S/C13H15N3O/c1-10(17)7-14-8-12-9-15-13(16-12)11-5-3-2-4-6-11/h2-6,8-10,17H,7H2,1H3,(H,15,16)/t10-/m0/s1. The van der Waals surface area contributed by atoms with Gasteiger partial charge in [0, 0.05) is 11.8 Å². The molecule has 2 rings (SSSR count).